The van der Waals surface area contributed by atoms with E-state index in [1.165, 1.54) is 12.8 Å². The maximum absolute atomic E-state index is 2.54. The van der Waals surface area contributed by atoms with Crippen LogP contribution in [0.15, 0.2) is 12.2 Å². The van der Waals surface area contributed by atoms with Gasteiger partial charge in [0.2, 0.25) is 0 Å². The van der Waals surface area contributed by atoms with E-state index >= 15 is 0 Å². The highest BCUT2D eigenvalue weighted by Crippen LogP contribution is 2.65. The zero-order chi connectivity index (χ0) is 10.2. The van der Waals surface area contributed by atoms with Crippen LogP contribution in [0, 0.1) is 35.5 Å². The molecule has 0 amide bonds. The molecule has 4 aliphatic carbocycles. The van der Waals surface area contributed by atoms with Crippen LogP contribution in [0.25, 0.3) is 0 Å². The van der Waals surface area contributed by atoms with Crippen molar-refractivity contribution in [2.24, 2.45) is 35.5 Å². The Bertz CT molecular complexity index is 319. The average molecular weight is 203 g/mol. The Kier molecular flexibility index (Phi) is 1.58. The lowest BCUT2D eigenvalue weighted by molar-refractivity contribution is 0.111. The molecule has 0 aliphatic heterocycles. The van der Waals surface area contributed by atoms with E-state index in [1.807, 2.05) is 0 Å². The molecular formula is C14H21N. The van der Waals surface area contributed by atoms with Crippen molar-refractivity contribution < 1.29 is 0 Å². The van der Waals surface area contributed by atoms with E-state index in [9.17, 15) is 0 Å². The summed E-state index contributed by atoms with van der Waals surface area (Å²) in [7, 11) is 4.56. The average Bonchev–Trinajstić information content (AvgIpc) is 2.95. The first-order valence-electron chi connectivity index (χ1n) is 6.60. The van der Waals surface area contributed by atoms with Crippen molar-refractivity contribution in [3.05, 3.63) is 12.2 Å². The van der Waals surface area contributed by atoms with E-state index < -0.39 is 0 Å². The van der Waals surface area contributed by atoms with Crippen molar-refractivity contribution in [1.29, 1.82) is 0 Å². The summed E-state index contributed by atoms with van der Waals surface area (Å²) < 4.78 is 0. The van der Waals surface area contributed by atoms with Gasteiger partial charge in [-0.15, -0.1) is 0 Å². The summed E-state index contributed by atoms with van der Waals surface area (Å²) in [5.41, 5.74) is 0. The largest absolute Gasteiger partial charge is 0.306 e. The van der Waals surface area contributed by atoms with Crippen LogP contribution in [-0.2, 0) is 0 Å². The third-order valence-electron chi connectivity index (χ3n) is 5.90. The molecule has 4 rings (SSSR count). The molecule has 0 saturated heterocycles. The molecule has 7 atom stereocenters. The molecule has 0 radical (unpaired) electrons. The molecule has 1 nitrogen and oxygen atoms in total. The van der Waals surface area contributed by atoms with Crippen LogP contribution in [0.3, 0.4) is 0 Å². The van der Waals surface area contributed by atoms with Gasteiger partial charge < -0.3 is 4.90 Å². The molecule has 0 aromatic rings. The first-order valence-corrected chi connectivity index (χ1v) is 6.60. The summed E-state index contributed by atoms with van der Waals surface area (Å²) in [6.07, 6.45) is 9.63. The van der Waals surface area contributed by atoms with Crippen LogP contribution >= 0.6 is 0 Å². The minimum absolute atomic E-state index is 0.906. The third kappa shape index (κ3) is 0.939. The molecule has 3 fully saturated rings. The number of allylic oxidation sites excluding steroid dienone is 2. The van der Waals surface area contributed by atoms with Gasteiger partial charge >= 0.3 is 0 Å². The van der Waals surface area contributed by atoms with Gasteiger partial charge in [0.25, 0.3) is 0 Å². The van der Waals surface area contributed by atoms with Gasteiger partial charge in [0.05, 0.1) is 0 Å². The summed E-state index contributed by atoms with van der Waals surface area (Å²) in [5.74, 6) is 6.24. The van der Waals surface area contributed by atoms with Crippen molar-refractivity contribution in [1.82, 2.24) is 4.90 Å². The van der Waals surface area contributed by atoms with Gasteiger partial charge in [-0.05, 0) is 68.9 Å². The Morgan fingerprint density at radius 3 is 2.40 bits per heavy atom. The second-order valence-electron chi connectivity index (χ2n) is 6.53. The van der Waals surface area contributed by atoms with Crippen molar-refractivity contribution >= 4 is 0 Å². The number of hydrogen-bond acceptors (Lipinski definition) is 1. The van der Waals surface area contributed by atoms with Crippen molar-refractivity contribution in [2.45, 2.75) is 25.3 Å². The predicted molar refractivity (Wildman–Crippen MR) is 61.4 cm³/mol. The lowest BCUT2D eigenvalue weighted by Gasteiger charge is -2.39. The van der Waals surface area contributed by atoms with E-state index in [1.54, 1.807) is 6.42 Å². The van der Waals surface area contributed by atoms with Gasteiger partial charge in [-0.2, -0.15) is 0 Å². The molecule has 0 N–H and O–H groups in total. The van der Waals surface area contributed by atoms with Crippen LogP contribution in [0.4, 0.5) is 0 Å². The van der Waals surface area contributed by atoms with Crippen LogP contribution in [0.2, 0.25) is 0 Å². The summed E-state index contributed by atoms with van der Waals surface area (Å²) in [4.78, 5) is 2.50. The molecule has 15 heavy (non-hydrogen) atoms. The van der Waals surface area contributed by atoms with Gasteiger partial charge in [0.15, 0.2) is 0 Å². The van der Waals surface area contributed by atoms with E-state index in [-0.39, 0.29) is 0 Å². The Balaban J connectivity index is 1.69. The fraction of sp³-hybridized carbons (Fsp3) is 0.857. The summed E-state index contributed by atoms with van der Waals surface area (Å²) in [6, 6.07) is 0.906. The highest BCUT2D eigenvalue weighted by molar-refractivity contribution is 5.21. The molecular weight excluding hydrogens is 182 g/mol. The summed E-state index contributed by atoms with van der Waals surface area (Å²) in [5, 5.41) is 0. The molecule has 1 heteroatoms. The topological polar surface area (TPSA) is 3.24 Å². The van der Waals surface area contributed by atoms with E-state index in [2.05, 4.69) is 31.1 Å². The van der Waals surface area contributed by atoms with Crippen LogP contribution in [0.1, 0.15) is 19.3 Å². The van der Waals surface area contributed by atoms with Crippen LogP contribution in [0.5, 0.6) is 0 Å². The van der Waals surface area contributed by atoms with Gasteiger partial charge in [-0.3, -0.25) is 0 Å². The normalized spacial score (nSPS) is 59.5. The summed E-state index contributed by atoms with van der Waals surface area (Å²) >= 11 is 0. The summed E-state index contributed by atoms with van der Waals surface area (Å²) in [6.45, 7) is 0. The smallest absolute Gasteiger partial charge is 0.0123 e. The van der Waals surface area contributed by atoms with Gasteiger partial charge in [-0.25, -0.2) is 0 Å². The molecule has 0 aromatic carbocycles. The standard InChI is InChI=1S/C14H21N/c1-15(2)12-7-10-6-11(12)14-9-4-3-8(5-9)13(10)14/h3-4,8-14H,5-7H2,1-2H3. The minimum Gasteiger partial charge on any atom is -0.306 e. The van der Waals surface area contributed by atoms with Gasteiger partial charge in [0.1, 0.15) is 0 Å². The lowest BCUT2D eigenvalue weighted by Crippen LogP contribution is -2.41. The second-order valence-corrected chi connectivity index (χ2v) is 6.53. The lowest BCUT2D eigenvalue weighted by atomic mass is 9.71. The highest BCUT2D eigenvalue weighted by Gasteiger charge is 2.61. The molecule has 82 valence electrons. The van der Waals surface area contributed by atoms with Crippen LogP contribution in [-0.4, -0.2) is 25.0 Å². The molecule has 0 aromatic heterocycles. The van der Waals surface area contributed by atoms with E-state index in [0.717, 1.165) is 41.5 Å². The molecule has 4 bridgehead atoms. The monoisotopic (exact) mass is 203 g/mol. The number of nitrogens with zero attached hydrogens (tertiary/aromatic N) is 1. The fourth-order valence-corrected chi connectivity index (χ4v) is 5.57. The molecule has 0 spiro atoms. The Labute approximate surface area is 92.5 Å². The van der Waals surface area contributed by atoms with E-state index in [0.29, 0.717) is 0 Å². The number of hydrogen-bond donors (Lipinski definition) is 0. The maximum atomic E-state index is 2.54. The van der Waals surface area contributed by atoms with Gasteiger partial charge in [0, 0.05) is 6.04 Å². The first kappa shape index (κ1) is 8.81. The van der Waals surface area contributed by atoms with Gasteiger partial charge in [-0.1, -0.05) is 12.2 Å². The molecule has 4 aliphatic rings. The Morgan fingerprint density at radius 1 is 0.933 bits per heavy atom. The van der Waals surface area contributed by atoms with Crippen LogP contribution < -0.4 is 0 Å². The SMILES string of the molecule is CN(C)C1CC2CC1C1C3C=CC(C3)C21. The van der Waals surface area contributed by atoms with Crippen molar-refractivity contribution in [3.8, 4) is 0 Å². The fourth-order valence-electron chi connectivity index (χ4n) is 5.57. The van der Waals surface area contributed by atoms with E-state index in [4.69, 9.17) is 0 Å². The maximum Gasteiger partial charge on any atom is 0.0123 e. The second kappa shape index (κ2) is 2.68. The number of rotatable bonds is 1. The minimum atomic E-state index is 0.906. The Hall–Kier alpha value is -0.300. The quantitative estimate of drug-likeness (QED) is 0.467. The third-order valence-corrected chi connectivity index (χ3v) is 5.90. The highest BCUT2D eigenvalue weighted by atomic mass is 15.1. The van der Waals surface area contributed by atoms with Crippen molar-refractivity contribution in [2.75, 3.05) is 14.1 Å². The molecule has 7 unspecified atom stereocenters. The predicted octanol–water partition coefficient (Wildman–Crippen LogP) is 2.39. The zero-order valence-electron chi connectivity index (χ0n) is 9.76. The zero-order valence-corrected chi connectivity index (χ0v) is 9.76. The van der Waals surface area contributed by atoms with Crippen molar-refractivity contribution in [3.63, 3.8) is 0 Å². The first-order chi connectivity index (χ1) is 7.25. The Morgan fingerprint density at radius 2 is 1.67 bits per heavy atom. The molecule has 0 heterocycles. The number of fused-ring (bicyclic) bond motifs is 9. The molecule has 3 saturated carbocycles.